The van der Waals surface area contributed by atoms with Crippen LogP contribution in [0.25, 0.3) is 0 Å². The van der Waals surface area contributed by atoms with Gasteiger partial charge in [0.15, 0.2) is 11.5 Å². The van der Waals surface area contributed by atoms with Crippen LogP contribution in [0.5, 0.6) is 11.5 Å². The minimum atomic E-state index is 0.488. The maximum absolute atomic E-state index is 5.41. The zero-order valence-electron chi connectivity index (χ0n) is 14.0. The standard InChI is InChI=1S/C18H29NO2/c1-6-9-19-15(14-12-18(14,2)3)10-13-7-8-16(20-4)17(11-13)21-5/h7-8,11,14-15,19H,6,9-10,12H2,1-5H3. The Labute approximate surface area is 129 Å². The smallest absolute Gasteiger partial charge is 0.160 e. The van der Waals surface area contributed by atoms with E-state index in [9.17, 15) is 0 Å². The number of benzene rings is 1. The van der Waals surface area contributed by atoms with Crippen molar-refractivity contribution in [1.29, 1.82) is 0 Å². The molecule has 3 nitrogen and oxygen atoms in total. The van der Waals surface area contributed by atoms with E-state index in [1.807, 2.05) is 6.07 Å². The highest BCUT2D eigenvalue weighted by Gasteiger charge is 2.49. The first-order valence-electron chi connectivity index (χ1n) is 7.96. The SMILES string of the molecule is CCCNC(Cc1ccc(OC)c(OC)c1)C1CC1(C)C. The number of nitrogens with one attached hydrogen (secondary N) is 1. The van der Waals surface area contributed by atoms with Crippen LogP contribution in [0, 0.1) is 11.3 Å². The average molecular weight is 291 g/mol. The van der Waals surface area contributed by atoms with Crippen LogP contribution in [0.1, 0.15) is 39.2 Å². The molecule has 0 spiro atoms. The lowest BCUT2D eigenvalue weighted by Crippen LogP contribution is -2.35. The highest BCUT2D eigenvalue weighted by atomic mass is 16.5. The van der Waals surface area contributed by atoms with Crippen LogP contribution in [-0.2, 0) is 6.42 Å². The molecule has 0 aromatic heterocycles. The molecule has 0 bridgehead atoms. The van der Waals surface area contributed by atoms with E-state index in [4.69, 9.17) is 9.47 Å². The Bertz CT molecular complexity index is 470. The zero-order chi connectivity index (χ0) is 15.5. The first-order valence-corrected chi connectivity index (χ1v) is 7.96. The van der Waals surface area contributed by atoms with Gasteiger partial charge in [-0.15, -0.1) is 0 Å². The Balaban J connectivity index is 2.09. The van der Waals surface area contributed by atoms with Crippen LogP contribution in [0.3, 0.4) is 0 Å². The average Bonchev–Trinajstić information content (AvgIpc) is 3.11. The van der Waals surface area contributed by atoms with Crippen molar-refractivity contribution in [3.05, 3.63) is 23.8 Å². The van der Waals surface area contributed by atoms with Gasteiger partial charge in [-0.3, -0.25) is 0 Å². The molecule has 1 fully saturated rings. The van der Waals surface area contributed by atoms with Crippen molar-refractivity contribution in [3.63, 3.8) is 0 Å². The highest BCUT2D eigenvalue weighted by molar-refractivity contribution is 5.43. The predicted octanol–water partition coefficient (Wildman–Crippen LogP) is 3.66. The topological polar surface area (TPSA) is 30.5 Å². The van der Waals surface area contributed by atoms with E-state index in [1.54, 1.807) is 14.2 Å². The molecule has 21 heavy (non-hydrogen) atoms. The van der Waals surface area contributed by atoms with Crippen LogP contribution < -0.4 is 14.8 Å². The summed E-state index contributed by atoms with van der Waals surface area (Å²) < 4.78 is 10.7. The molecular formula is C18H29NO2. The third kappa shape index (κ3) is 3.91. The largest absolute Gasteiger partial charge is 0.493 e. The van der Waals surface area contributed by atoms with Crippen LogP contribution in [0.2, 0.25) is 0 Å². The Kier molecular flexibility index (Phi) is 5.15. The van der Waals surface area contributed by atoms with Gasteiger partial charge in [-0.05, 0) is 54.8 Å². The Morgan fingerprint density at radius 2 is 1.90 bits per heavy atom. The predicted molar refractivity (Wildman–Crippen MR) is 87.2 cm³/mol. The first kappa shape index (κ1) is 16.2. The Hall–Kier alpha value is -1.22. The van der Waals surface area contributed by atoms with Crippen molar-refractivity contribution in [2.24, 2.45) is 11.3 Å². The number of hydrogen-bond acceptors (Lipinski definition) is 3. The van der Waals surface area contributed by atoms with Crippen molar-refractivity contribution in [2.45, 2.75) is 46.1 Å². The van der Waals surface area contributed by atoms with Gasteiger partial charge in [-0.2, -0.15) is 0 Å². The second-order valence-electron chi connectivity index (χ2n) is 6.75. The maximum atomic E-state index is 5.41. The fourth-order valence-electron chi connectivity index (χ4n) is 3.14. The molecule has 2 rings (SSSR count). The van der Waals surface area contributed by atoms with E-state index in [1.165, 1.54) is 18.4 Å². The van der Waals surface area contributed by atoms with Gasteiger partial charge in [0.2, 0.25) is 0 Å². The third-order valence-corrected chi connectivity index (χ3v) is 4.64. The van der Waals surface area contributed by atoms with E-state index in [0.717, 1.165) is 30.4 Å². The van der Waals surface area contributed by atoms with E-state index in [2.05, 4.69) is 38.2 Å². The fourth-order valence-corrected chi connectivity index (χ4v) is 3.14. The molecule has 0 amide bonds. The van der Waals surface area contributed by atoms with E-state index < -0.39 is 0 Å². The number of methoxy groups -OCH3 is 2. The molecular weight excluding hydrogens is 262 g/mol. The lowest BCUT2D eigenvalue weighted by Gasteiger charge is -2.21. The summed E-state index contributed by atoms with van der Waals surface area (Å²) in [4.78, 5) is 0. The molecule has 1 aliphatic rings. The third-order valence-electron chi connectivity index (χ3n) is 4.64. The highest BCUT2D eigenvalue weighted by Crippen LogP contribution is 2.54. The summed E-state index contributed by atoms with van der Waals surface area (Å²) in [5.41, 5.74) is 1.80. The van der Waals surface area contributed by atoms with Gasteiger partial charge >= 0.3 is 0 Å². The fraction of sp³-hybridized carbons (Fsp3) is 0.667. The van der Waals surface area contributed by atoms with Crippen molar-refractivity contribution in [3.8, 4) is 11.5 Å². The maximum Gasteiger partial charge on any atom is 0.160 e. The summed E-state index contributed by atoms with van der Waals surface area (Å²) in [5.74, 6) is 2.39. The monoisotopic (exact) mass is 291 g/mol. The lowest BCUT2D eigenvalue weighted by molar-refractivity contribution is 0.353. The number of hydrogen-bond donors (Lipinski definition) is 1. The molecule has 118 valence electrons. The van der Waals surface area contributed by atoms with Gasteiger partial charge in [0, 0.05) is 6.04 Å². The Morgan fingerprint density at radius 3 is 2.43 bits per heavy atom. The summed E-state index contributed by atoms with van der Waals surface area (Å²) >= 11 is 0. The van der Waals surface area contributed by atoms with Gasteiger partial charge in [-0.25, -0.2) is 0 Å². The minimum Gasteiger partial charge on any atom is -0.493 e. The van der Waals surface area contributed by atoms with E-state index in [-0.39, 0.29) is 0 Å². The molecule has 2 atom stereocenters. The molecule has 1 aromatic carbocycles. The summed E-state index contributed by atoms with van der Waals surface area (Å²) in [7, 11) is 3.37. The normalized spacial score (nSPS) is 20.9. The van der Waals surface area contributed by atoms with Crippen LogP contribution >= 0.6 is 0 Å². The second kappa shape index (κ2) is 6.69. The zero-order valence-corrected chi connectivity index (χ0v) is 14.0. The van der Waals surface area contributed by atoms with E-state index in [0.29, 0.717) is 11.5 Å². The number of ether oxygens (including phenoxy) is 2. The molecule has 1 N–H and O–H groups in total. The molecule has 3 heteroatoms. The van der Waals surface area contributed by atoms with Crippen molar-refractivity contribution in [1.82, 2.24) is 5.32 Å². The van der Waals surface area contributed by atoms with Gasteiger partial charge in [-0.1, -0.05) is 26.8 Å². The van der Waals surface area contributed by atoms with Crippen molar-refractivity contribution < 1.29 is 9.47 Å². The van der Waals surface area contributed by atoms with Crippen LogP contribution in [0.4, 0.5) is 0 Å². The quantitative estimate of drug-likeness (QED) is 0.793. The van der Waals surface area contributed by atoms with Crippen LogP contribution in [-0.4, -0.2) is 26.8 Å². The summed E-state index contributed by atoms with van der Waals surface area (Å²) in [6.07, 6.45) is 3.55. The summed E-state index contributed by atoms with van der Waals surface area (Å²) in [6.45, 7) is 8.04. The molecule has 2 unspecified atom stereocenters. The molecule has 0 aliphatic heterocycles. The first-order chi connectivity index (χ1) is 10.0. The molecule has 1 aliphatic carbocycles. The van der Waals surface area contributed by atoms with Gasteiger partial charge in [0.1, 0.15) is 0 Å². The van der Waals surface area contributed by atoms with Gasteiger partial charge in [0.25, 0.3) is 0 Å². The van der Waals surface area contributed by atoms with E-state index >= 15 is 0 Å². The molecule has 0 saturated heterocycles. The molecule has 0 radical (unpaired) electrons. The summed E-state index contributed by atoms with van der Waals surface area (Å²) in [5, 5.41) is 3.73. The number of rotatable bonds is 8. The van der Waals surface area contributed by atoms with Crippen molar-refractivity contribution in [2.75, 3.05) is 20.8 Å². The Morgan fingerprint density at radius 1 is 1.24 bits per heavy atom. The van der Waals surface area contributed by atoms with Crippen LogP contribution in [0.15, 0.2) is 18.2 Å². The minimum absolute atomic E-state index is 0.488. The second-order valence-corrected chi connectivity index (χ2v) is 6.75. The van der Waals surface area contributed by atoms with Gasteiger partial charge in [0.05, 0.1) is 14.2 Å². The molecule has 0 heterocycles. The summed E-state index contributed by atoms with van der Waals surface area (Å²) in [6, 6.07) is 6.81. The molecule has 1 aromatic rings. The van der Waals surface area contributed by atoms with Gasteiger partial charge < -0.3 is 14.8 Å². The van der Waals surface area contributed by atoms with Crippen molar-refractivity contribution >= 4 is 0 Å². The lowest BCUT2D eigenvalue weighted by atomic mass is 9.97. The molecule has 1 saturated carbocycles.